The predicted molar refractivity (Wildman–Crippen MR) is 119 cm³/mol. The second-order valence-electron chi connectivity index (χ2n) is 7.66. The number of amides is 2. The lowest BCUT2D eigenvalue weighted by atomic mass is 10.1. The van der Waals surface area contributed by atoms with Crippen molar-refractivity contribution in [2.75, 3.05) is 0 Å². The zero-order valence-corrected chi connectivity index (χ0v) is 17.8. The average molecular weight is 434 g/mol. The third kappa shape index (κ3) is 3.55. The van der Waals surface area contributed by atoms with Gasteiger partial charge in [0, 0.05) is 12.4 Å². The van der Waals surface area contributed by atoms with Crippen LogP contribution in [0.5, 0.6) is 0 Å². The normalized spacial score (nSPS) is 11.2. The topological polar surface area (TPSA) is 120 Å². The minimum Gasteiger partial charge on any atom is -0.295 e. The zero-order chi connectivity index (χ0) is 23.0. The number of hydrogen-bond donors (Lipinski definition) is 2. The smallest absolute Gasteiger partial charge is 0.295 e. The van der Waals surface area contributed by atoms with Crippen LogP contribution in [0.2, 0.25) is 0 Å². The van der Waals surface area contributed by atoms with Crippen LogP contribution in [0.1, 0.15) is 30.4 Å². The summed E-state index contributed by atoms with van der Waals surface area (Å²) >= 11 is 0. The molecule has 2 aromatic carbocycles. The van der Waals surface area contributed by atoms with Gasteiger partial charge in [0.15, 0.2) is 5.69 Å². The van der Waals surface area contributed by atoms with Crippen LogP contribution in [0.3, 0.4) is 0 Å². The van der Waals surface area contributed by atoms with E-state index in [2.05, 4.69) is 16.0 Å². The summed E-state index contributed by atoms with van der Waals surface area (Å²) in [6, 6.07) is 13.5. The molecule has 0 bridgehead atoms. The van der Waals surface area contributed by atoms with Crippen molar-refractivity contribution in [3.63, 3.8) is 0 Å². The molecule has 0 fully saturated rings. The maximum atomic E-state index is 12.8. The molecule has 0 unspecified atom stereocenters. The highest BCUT2D eigenvalue weighted by Gasteiger charge is 2.19. The molecule has 0 radical (unpaired) electrons. The number of hydrogen-bond acceptors (Lipinski definition) is 5. The molecule has 0 aliphatic carbocycles. The van der Waals surface area contributed by atoms with Gasteiger partial charge < -0.3 is 0 Å². The molecule has 10 nitrogen and oxygen atoms in total. The van der Waals surface area contributed by atoms with E-state index in [-0.39, 0.29) is 29.5 Å². The Kier molecular flexibility index (Phi) is 5.35. The predicted octanol–water partition coefficient (Wildman–Crippen LogP) is 1.09. The minimum absolute atomic E-state index is 0.0107. The summed E-state index contributed by atoms with van der Waals surface area (Å²) in [5, 5.41) is 4.94. The van der Waals surface area contributed by atoms with Gasteiger partial charge in [-0.05, 0) is 32.0 Å². The molecule has 164 valence electrons. The number of carbonyl (C=O) groups is 2. The third-order valence-corrected chi connectivity index (χ3v) is 5.20. The van der Waals surface area contributed by atoms with E-state index in [1.165, 1.54) is 13.8 Å². The summed E-state index contributed by atoms with van der Waals surface area (Å²) in [6.45, 7) is 3.29. The molecule has 32 heavy (non-hydrogen) atoms. The van der Waals surface area contributed by atoms with Gasteiger partial charge in [-0.25, -0.2) is 9.48 Å². The van der Waals surface area contributed by atoms with Gasteiger partial charge in [0.25, 0.3) is 17.4 Å². The van der Waals surface area contributed by atoms with Crippen molar-refractivity contribution in [3.8, 4) is 0 Å². The number of aromatic nitrogens is 4. The number of para-hydroxylation sites is 2. The lowest BCUT2D eigenvalue weighted by molar-refractivity contribution is -0.122. The molecule has 0 aliphatic rings. The van der Waals surface area contributed by atoms with Gasteiger partial charge in [0.05, 0.1) is 22.5 Å². The largest absolute Gasteiger partial charge is 0.329 e. The molecule has 0 atom stereocenters. The first-order chi connectivity index (χ1) is 15.3. The highest BCUT2D eigenvalue weighted by atomic mass is 16.2. The van der Waals surface area contributed by atoms with E-state index in [9.17, 15) is 19.2 Å². The molecule has 2 N–H and O–H groups in total. The second kappa shape index (κ2) is 8.14. The van der Waals surface area contributed by atoms with E-state index in [4.69, 9.17) is 0 Å². The lowest BCUT2D eigenvalue weighted by Gasteiger charge is -2.14. The molecule has 4 rings (SSSR count). The van der Waals surface area contributed by atoms with Crippen molar-refractivity contribution < 1.29 is 9.59 Å². The summed E-state index contributed by atoms with van der Waals surface area (Å²) in [6.07, 6.45) is 0. The molecular formula is C22H22N6O4. The van der Waals surface area contributed by atoms with E-state index in [1.54, 1.807) is 69.4 Å². The Bertz CT molecular complexity index is 1480. The van der Waals surface area contributed by atoms with Gasteiger partial charge in [-0.2, -0.15) is 5.10 Å². The fourth-order valence-electron chi connectivity index (χ4n) is 3.61. The number of carbonyl (C=O) groups excluding carboxylic acids is 2. The molecule has 0 saturated carbocycles. The Balaban J connectivity index is 1.58. The molecule has 2 amide bonds. The Morgan fingerprint density at radius 1 is 0.938 bits per heavy atom. The van der Waals surface area contributed by atoms with Crippen LogP contribution in [-0.4, -0.2) is 30.7 Å². The monoisotopic (exact) mass is 434 g/mol. The molecule has 0 spiro atoms. The maximum absolute atomic E-state index is 12.8. The van der Waals surface area contributed by atoms with E-state index in [0.717, 1.165) is 0 Å². The van der Waals surface area contributed by atoms with E-state index in [1.807, 2.05) is 0 Å². The van der Waals surface area contributed by atoms with E-state index in [0.29, 0.717) is 21.8 Å². The molecule has 0 aliphatic heterocycles. The first kappa shape index (κ1) is 21.0. The summed E-state index contributed by atoms with van der Waals surface area (Å²) < 4.78 is 4.00. The van der Waals surface area contributed by atoms with Crippen molar-refractivity contribution in [1.29, 1.82) is 0 Å². The number of aryl methyl sites for hydroxylation is 1. The second-order valence-corrected chi connectivity index (χ2v) is 7.66. The number of rotatable bonds is 4. The standard InChI is InChI=1S/C22H22N6O4/c1-13(2)28-21(31)15-9-5-4-8-14(15)19(25-28)20(30)24-23-18(29)12-27-17-11-7-6-10-16(17)26(3)22(27)32/h4-11,13H,12H2,1-3H3,(H,23,29)(H,24,30). The third-order valence-electron chi connectivity index (χ3n) is 5.20. The SMILES string of the molecule is CC(C)n1nc(C(=O)NNC(=O)Cn2c(=O)n(C)c3ccccc32)c2ccccc2c1=O. The van der Waals surface area contributed by atoms with Crippen LogP contribution in [0.4, 0.5) is 0 Å². The average Bonchev–Trinajstić information content (AvgIpc) is 3.02. The number of nitrogens with zero attached hydrogens (tertiary/aromatic N) is 4. The fraction of sp³-hybridized carbons (Fsp3) is 0.227. The number of nitrogens with one attached hydrogen (secondary N) is 2. The van der Waals surface area contributed by atoms with Gasteiger partial charge >= 0.3 is 5.69 Å². The Morgan fingerprint density at radius 2 is 1.56 bits per heavy atom. The summed E-state index contributed by atoms with van der Waals surface area (Å²) in [4.78, 5) is 50.4. The molecule has 2 aromatic heterocycles. The summed E-state index contributed by atoms with van der Waals surface area (Å²) in [5.74, 6) is -1.26. The van der Waals surface area contributed by atoms with Gasteiger partial charge in [-0.15, -0.1) is 0 Å². The van der Waals surface area contributed by atoms with Gasteiger partial charge in [0.1, 0.15) is 6.54 Å². The zero-order valence-electron chi connectivity index (χ0n) is 17.8. The number of fused-ring (bicyclic) bond motifs is 2. The highest BCUT2D eigenvalue weighted by Crippen LogP contribution is 2.15. The molecule has 0 saturated heterocycles. The lowest BCUT2D eigenvalue weighted by Crippen LogP contribution is -2.45. The van der Waals surface area contributed by atoms with Gasteiger partial charge in [0.2, 0.25) is 0 Å². The number of imidazole rings is 1. The van der Waals surface area contributed by atoms with Crippen LogP contribution in [0.15, 0.2) is 58.1 Å². The van der Waals surface area contributed by atoms with Crippen LogP contribution in [-0.2, 0) is 18.4 Å². The Morgan fingerprint density at radius 3 is 2.25 bits per heavy atom. The van der Waals surface area contributed by atoms with Crippen LogP contribution in [0, 0.1) is 0 Å². The maximum Gasteiger partial charge on any atom is 0.329 e. The number of benzene rings is 2. The Hall–Kier alpha value is -4.21. The molecular weight excluding hydrogens is 412 g/mol. The summed E-state index contributed by atoms with van der Waals surface area (Å²) in [7, 11) is 1.63. The molecule has 10 heteroatoms. The van der Waals surface area contributed by atoms with Crippen LogP contribution in [0.25, 0.3) is 21.8 Å². The quantitative estimate of drug-likeness (QED) is 0.466. The van der Waals surface area contributed by atoms with E-state index < -0.39 is 11.8 Å². The highest BCUT2D eigenvalue weighted by molar-refractivity contribution is 6.05. The van der Waals surface area contributed by atoms with Crippen molar-refractivity contribution in [1.82, 2.24) is 29.8 Å². The van der Waals surface area contributed by atoms with Crippen LogP contribution >= 0.6 is 0 Å². The Labute approximate surface area is 182 Å². The van der Waals surface area contributed by atoms with Crippen LogP contribution < -0.4 is 22.1 Å². The number of hydrazine groups is 1. The van der Waals surface area contributed by atoms with Crippen molar-refractivity contribution in [2.24, 2.45) is 7.05 Å². The first-order valence-electron chi connectivity index (χ1n) is 10.0. The summed E-state index contributed by atoms with van der Waals surface area (Å²) in [5.41, 5.74) is 5.33. The molecule has 2 heterocycles. The van der Waals surface area contributed by atoms with Crippen molar-refractivity contribution >= 4 is 33.6 Å². The van der Waals surface area contributed by atoms with E-state index >= 15 is 0 Å². The van der Waals surface area contributed by atoms with Crippen molar-refractivity contribution in [2.45, 2.75) is 26.4 Å². The van der Waals surface area contributed by atoms with Gasteiger partial charge in [-0.3, -0.25) is 34.4 Å². The molecule has 4 aromatic rings. The fourth-order valence-corrected chi connectivity index (χ4v) is 3.61. The van der Waals surface area contributed by atoms with Crippen molar-refractivity contribution in [3.05, 3.63) is 75.1 Å². The first-order valence-corrected chi connectivity index (χ1v) is 10.0. The minimum atomic E-state index is -0.672. The van der Waals surface area contributed by atoms with Gasteiger partial charge in [-0.1, -0.05) is 30.3 Å².